The molecule has 0 aliphatic carbocycles. The van der Waals surface area contributed by atoms with Crippen LogP contribution in [0.1, 0.15) is 20.3 Å². The second-order valence-electron chi connectivity index (χ2n) is 3.32. The van der Waals surface area contributed by atoms with E-state index >= 15 is 0 Å². The van der Waals surface area contributed by atoms with Gasteiger partial charge < -0.3 is 9.84 Å². The highest BCUT2D eigenvalue weighted by Crippen LogP contribution is 1.91. The molecule has 0 aromatic carbocycles. The summed E-state index contributed by atoms with van der Waals surface area (Å²) in [7, 11) is 0. The molecule has 0 aliphatic rings. The van der Waals surface area contributed by atoms with Crippen LogP contribution in [0, 0.1) is 0 Å². The van der Waals surface area contributed by atoms with E-state index in [2.05, 4.69) is 4.74 Å². The van der Waals surface area contributed by atoms with Gasteiger partial charge in [-0.3, -0.25) is 9.59 Å². The van der Waals surface area contributed by atoms with Crippen molar-refractivity contribution in [1.82, 2.24) is 0 Å². The molecular formula is C13H18O4. The highest BCUT2D eigenvalue weighted by Gasteiger charge is 2.05. The minimum atomic E-state index is -0.514. The number of hydrogen-bond acceptors (Lipinski definition) is 4. The highest BCUT2D eigenvalue weighted by molar-refractivity contribution is 6.01. The first-order valence-electron chi connectivity index (χ1n) is 5.44. The molecule has 0 rings (SSSR count). The molecule has 1 atom stereocenters. The van der Waals surface area contributed by atoms with E-state index < -0.39 is 12.1 Å². The number of aliphatic hydroxyl groups is 1. The SMILES string of the molecule is CCOC(=O)CC(=O)C=CC=CC=CC(C)O. The molecule has 0 radical (unpaired) electrons. The van der Waals surface area contributed by atoms with Gasteiger partial charge in [0.15, 0.2) is 5.78 Å². The Labute approximate surface area is 101 Å². The molecule has 0 aliphatic heterocycles. The van der Waals surface area contributed by atoms with E-state index in [0.29, 0.717) is 0 Å². The quantitative estimate of drug-likeness (QED) is 0.316. The molecule has 0 aromatic rings. The van der Waals surface area contributed by atoms with E-state index in [9.17, 15) is 9.59 Å². The van der Waals surface area contributed by atoms with Crippen LogP contribution in [-0.4, -0.2) is 29.6 Å². The molecule has 0 aromatic heterocycles. The Bertz CT molecular complexity index is 324. The van der Waals surface area contributed by atoms with Gasteiger partial charge >= 0.3 is 5.97 Å². The molecule has 0 saturated carbocycles. The van der Waals surface area contributed by atoms with E-state index in [1.165, 1.54) is 12.2 Å². The predicted octanol–water partition coefficient (Wildman–Crippen LogP) is 1.56. The molecule has 0 saturated heterocycles. The molecule has 94 valence electrons. The van der Waals surface area contributed by atoms with E-state index in [4.69, 9.17) is 5.11 Å². The second kappa shape index (κ2) is 9.54. The number of carbonyl (C=O) groups excluding carboxylic acids is 2. The average Bonchev–Trinajstić information content (AvgIpc) is 2.23. The molecule has 17 heavy (non-hydrogen) atoms. The van der Waals surface area contributed by atoms with Crippen molar-refractivity contribution >= 4 is 11.8 Å². The summed E-state index contributed by atoms with van der Waals surface area (Å²) in [5, 5.41) is 8.90. The van der Waals surface area contributed by atoms with Gasteiger partial charge in [0, 0.05) is 0 Å². The Balaban J connectivity index is 3.92. The summed E-state index contributed by atoms with van der Waals surface area (Å²) in [4.78, 5) is 22.1. The lowest BCUT2D eigenvalue weighted by Crippen LogP contribution is -2.08. The van der Waals surface area contributed by atoms with Gasteiger partial charge in [-0.05, 0) is 19.9 Å². The number of carbonyl (C=O) groups is 2. The normalized spacial score (nSPS) is 13.6. The van der Waals surface area contributed by atoms with Gasteiger partial charge in [0.2, 0.25) is 0 Å². The lowest BCUT2D eigenvalue weighted by atomic mass is 10.2. The Morgan fingerprint density at radius 3 is 2.47 bits per heavy atom. The van der Waals surface area contributed by atoms with Crippen LogP contribution in [0.15, 0.2) is 36.5 Å². The van der Waals surface area contributed by atoms with Gasteiger partial charge in [0.25, 0.3) is 0 Å². The van der Waals surface area contributed by atoms with Crippen molar-refractivity contribution < 1.29 is 19.4 Å². The fourth-order valence-corrected chi connectivity index (χ4v) is 0.929. The molecular weight excluding hydrogens is 220 g/mol. The number of allylic oxidation sites excluding steroid dienone is 5. The van der Waals surface area contributed by atoms with Crippen molar-refractivity contribution in [3.05, 3.63) is 36.5 Å². The van der Waals surface area contributed by atoms with E-state index in [-0.39, 0.29) is 18.8 Å². The largest absolute Gasteiger partial charge is 0.466 e. The molecule has 0 bridgehead atoms. The third kappa shape index (κ3) is 10.6. The smallest absolute Gasteiger partial charge is 0.313 e. The third-order valence-corrected chi connectivity index (χ3v) is 1.63. The van der Waals surface area contributed by atoms with Crippen molar-refractivity contribution in [1.29, 1.82) is 0 Å². The first kappa shape index (κ1) is 15.3. The van der Waals surface area contributed by atoms with Gasteiger partial charge in [-0.2, -0.15) is 0 Å². The Morgan fingerprint density at radius 1 is 1.24 bits per heavy atom. The zero-order valence-electron chi connectivity index (χ0n) is 10.1. The molecule has 1 N–H and O–H groups in total. The number of esters is 1. The standard InChI is InChI=1S/C13H18O4/c1-3-17-13(16)10-12(15)9-7-5-4-6-8-11(2)14/h4-9,11,14H,3,10H2,1-2H3. The highest BCUT2D eigenvalue weighted by atomic mass is 16.5. The van der Waals surface area contributed by atoms with Gasteiger partial charge in [-0.25, -0.2) is 0 Å². The summed E-state index contributed by atoms with van der Waals surface area (Å²) in [6.07, 6.45) is 8.71. The van der Waals surface area contributed by atoms with Crippen LogP contribution in [0.3, 0.4) is 0 Å². The fraction of sp³-hybridized carbons (Fsp3) is 0.385. The van der Waals surface area contributed by atoms with Gasteiger partial charge in [0.05, 0.1) is 12.7 Å². The van der Waals surface area contributed by atoms with Crippen molar-refractivity contribution in [2.24, 2.45) is 0 Å². The summed E-state index contributed by atoms with van der Waals surface area (Å²) in [6.45, 7) is 3.61. The third-order valence-electron chi connectivity index (χ3n) is 1.63. The minimum absolute atomic E-state index is 0.234. The van der Waals surface area contributed by atoms with Crippen molar-refractivity contribution in [2.45, 2.75) is 26.4 Å². The first-order valence-corrected chi connectivity index (χ1v) is 5.44. The van der Waals surface area contributed by atoms with Gasteiger partial charge in [0.1, 0.15) is 6.42 Å². The van der Waals surface area contributed by atoms with Gasteiger partial charge in [-0.1, -0.05) is 30.4 Å². The lowest BCUT2D eigenvalue weighted by molar-refractivity contribution is -0.144. The summed E-state index contributed by atoms with van der Waals surface area (Å²) in [5.41, 5.74) is 0. The number of hydrogen-bond donors (Lipinski definition) is 1. The molecule has 0 amide bonds. The summed E-state index contributed by atoms with van der Waals surface area (Å²) < 4.78 is 4.63. The predicted molar refractivity (Wildman–Crippen MR) is 65.4 cm³/mol. The van der Waals surface area contributed by atoms with Crippen molar-refractivity contribution in [2.75, 3.05) is 6.61 Å². The number of aliphatic hydroxyl groups excluding tert-OH is 1. The second-order valence-corrected chi connectivity index (χ2v) is 3.32. The van der Waals surface area contributed by atoms with Crippen molar-refractivity contribution in [3.8, 4) is 0 Å². The number of rotatable bonds is 7. The molecule has 1 unspecified atom stereocenters. The number of ketones is 1. The van der Waals surface area contributed by atoms with Crippen LogP contribution >= 0.6 is 0 Å². The average molecular weight is 238 g/mol. The molecule has 0 heterocycles. The minimum Gasteiger partial charge on any atom is -0.466 e. The summed E-state index contributed by atoms with van der Waals surface area (Å²) in [5.74, 6) is -0.812. The van der Waals surface area contributed by atoms with Crippen molar-refractivity contribution in [3.63, 3.8) is 0 Å². The van der Waals surface area contributed by atoms with Crippen LogP contribution in [0.4, 0.5) is 0 Å². The van der Waals surface area contributed by atoms with Crippen LogP contribution in [-0.2, 0) is 14.3 Å². The number of ether oxygens (including phenoxy) is 1. The lowest BCUT2D eigenvalue weighted by Gasteiger charge is -1.97. The van der Waals surface area contributed by atoms with E-state index in [1.807, 2.05) is 0 Å². The van der Waals surface area contributed by atoms with Crippen LogP contribution in [0.5, 0.6) is 0 Å². The maximum absolute atomic E-state index is 11.2. The maximum Gasteiger partial charge on any atom is 0.313 e. The molecule has 4 heteroatoms. The topological polar surface area (TPSA) is 63.6 Å². The van der Waals surface area contributed by atoms with Crippen LogP contribution in [0.25, 0.3) is 0 Å². The van der Waals surface area contributed by atoms with E-state index in [1.54, 1.807) is 38.2 Å². The molecule has 0 spiro atoms. The van der Waals surface area contributed by atoms with E-state index in [0.717, 1.165) is 0 Å². The summed E-state index contributed by atoms with van der Waals surface area (Å²) in [6, 6.07) is 0. The zero-order chi connectivity index (χ0) is 13.1. The Hall–Kier alpha value is -1.68. The zero-order valence-corrected chi connectivity index (χ0v) is 10.1. The molecule has 4 nitrogen and oxygen atoms in total. The van der Waals surface area contributed by atoms with Crippen LogP contribution < -0.4 is 0 Å². The first-order chi connectivity index (χ1) is 8.06. The Kier molecular flexibility index (Phi) is 8.60. The summed E-state index contributed by atoms with van der Waals surface area (Å²) >= 11 is 0. The molecule has 0 fully saturated rings. The van der Waals surface area contributed by atoms with Gasteiger partial charge in [-0.15, -0.1) is 0 Å². The Morgan fingerprint density at radius 2 is 1.88 bits per heavy atom. The fourth-order valence-electron chi connectivity index (χ4n) is 0.929. The van der Waals surface area contributed by atoms with Crippen LogP contribution in [0.2, 0.25) is 0 Å². The maximum atomic E-state index is 11.2. The monoisotopic (exact) mass is 238 g/mol.